The van der Waals surface area contributed by atoms with Crippen LogP contribution in [0, 0.1) is 13.8 Å². The van der Waals surface area contributed by atoms with Gasteiger partial charge in [-0.1, -0.05) is 15.9 Å². The van der Waals surface area contributed by atoms with Gasteiger partial charge in [0.2, 0.25) is 0 Å². The molecule has 0 aliphatic rings. The molecule has 0 fully saturated rings. The summed E-state index contributed by atoms with van der Waals surface area (Å²) in [7, 11) is 0. The zero-order valence-electron chi connectivity index (χ0n) is 6.89. The zero-order valence-corrected chi connectivity index (χ0v) is 8.47. The maximum absolute atomic E-state index is 5.42. The number of aryl methyl sites for hydroxylation is 2. The molecule has 12 heavy (non-hydrogen) atoms. The Morgan fingerprint density at radius 3 is 2.83 bits per heavy atom. The summed E-state index contributed by atoms with van der Waals surface area (Å²) in [6.07, 6.45) is 0. The highest BCUT2D eigenvalue weighted by Gasteiger charge is 2.05. The maximum Gasteiger partial charge on any atom is 0.192 e. The molecule has 1 heterocycles. The molecule has 1 aromatic heterocycles. The lowest BCUT2D eigenvalue weighted by Crippen LogP contribution is -1.74. The SMILES string of the molecule is Cc1nc2cc(Br)cc(C)c2o1. The monoisotopic (exact) mass is 225 g/mol. The molecule has 0 aliphatic heterocycles. The quantitative estimate of drug-likeness (QED) is 0.689. The molecule has 0 bridgehead atoms. The summed E-state index contributed by atoms with van der Waals surface area (Å²) in [5, 5.41) is 0. The second-order valence-electron chi connectivity index (χ2n) is 2.80. The lowest BCUT2D eigenvalue weighted by atomic mass is 10.2. The fourth-order valence-corrected chi connectivity index (χ4v) is 1.83. The van der Waals surface area contributed by atoms with Crippen LogP contribution in [0.1, 0.15) is 11.5 Å². The summed E-state index contributed by atoms with van der Waals surface area (Å²) in [5.41, 5.74) is 2.91. The first-order chi connectivity index (χ1) is 5.66. The molecule has 0 spiro atoms. The molecule has 0 radical (unpaired) electrons. The predicted molar refractivity (Wildman–Crippen MR) is 51.2 cm³/mol. The Labute approximate surface area is 78.7 Å². The molecule has 0 atom stereocenters. The summed E-state index contributed by atoms with van der Waals surface area (Å²) in [6.45, 7) is 3.87. The van der Waals surface area contributed by atoms with Crippen LogP contribution in [0.25, 0.3) is 11.1 Å². The Balaban J connectivity index is 2.88. The van der Waals surface area contributed by atoms with Gasteiger partial charge in [-0.3, -0.25) is 0 Å². The smallest absolute Gasteiger partial charge is 0.192 e. The van der Waals surface area contributed by atoms with Crippen LogP contribution in [0.4, 0.5) is 0 Å². The summed E-state index contributed by atoms with van der Waals surface area (Å²) < 4.78 is 6.46. The summed E-state index contributed by atoms with van der Waals surface area (Å²) in [4.78, 5) is 4.24. The summed E-state index contributed by atoms with van der Waals surface area (Å²) >= 11 is 3.41. The van der Waals surface area contributed by atoms with Crippen molar-refractivity contribution in [3.05, 3.63) is 28.1 Å². The van der Waals surface area contributed by atoms with E-state index < -0.39 is 0 Å². The number of hydrogen-bond donors (Lipinski definition) is 0. The van der Waals surface area contributed by atoms with Crippen molar-refractivity contribution >= 4 is 27.0 Å². The highest BCUT2D eigenvalue weighted by Crippen LogP contribution is 2.23. The average Bonchev–Trinajstić information content (AvgIpc) is 2.29. The molecule has 0 saturated heterocycles. The standard InChI is InChI=1S/C9H8BrNO/c1-5-3-7(10)4-8-9(5)12-6(2)11-8/h3-4H,1-2H3. The summed E-state index contributed by atoms with van der Waals surface area (Å²) in [6, 6.07) is 3.98. The lowest BCUT2D eigenvalue weighted by molar-refractivity contribution is 0.559. The van der Waals surface area contributed by atoms with Crippen molar-refractivity contribution in [2.45, 2.75) is 13.8 Å². The van der Waals surface area contributed by atoms with Gasteiger partial charge in [0.25, 0.3) is 0 Å². The van der Waals surface area contributed by atoms with Crippen molar-refractivity contribution in [3.8, 4) is 0 Å². The van der Waals surface area contributed by atoms with Gasteiger partial charge in [-0.25, -0.2) is 4.98 Å². The molecule has 2 rings (SSSR count). The Kier molecular flexibility index (Phi) is 1.68. The largest absolute Gasteiger partial charge is 0.441 e. The van der Waals surface area contributed by atoms with E-state index in [-0.39, 0.29) is 0 Å². The number of oxazole rings is 1. The van der Waals surface area contributed by atoms with Gasteiger partial charge in [0.05, 0.1) is 0 Å². The van der Waals surface area contributed by atoms with Gasteiger partial charge in [0.1, 0.15) is 5.52 Å². The normalized spacial score (nSPS) is 10.9. The lowest BCUT2D eigenvalue weighted by Gasteiger charge is -1.93. The van der Waals surface area contributed by atoms with Crippen LogP contribution in [-0.2, 0) is 0 Å². The molecule has 3 heteroatoms. The molecule has 0 N–H and O–H groups in total. The van der Waals surface area contributed by atoms with Crippen LogP contribution in [0.3, 0.4) is 0 Å². The third kappa shape index (κ3) is 1.14. The van der Waals surface area contributed by atoms with Crippen LogP contribution in [0.5, 0.6) is 0 Å². The van der Waals surface area contributed by atoms with E-state index >= 15 is 0 Å². The average molecular weight is 226 g/mol. The van der Waals surface area contributed by atoms with Gasteiger partial charge in [-0.15, -0.1) is 0 Å². The predicted octanol–water partition coefficient (Wildman–Crippen LogP) is 3.21. The van der Waals surface area contributed by atoms with Crippen LogP contribution in [0.15, 0.2) is 21.0 Å². The number of aromatic nitrogens is 1. The van der Waals surface area contributed by atoms with Crippen molar-refractivity contribution in [3.63, 3.8) is 0 Å². The van der Waals surface area contributed by atoms with Crippen molar-refractivity contribution < 1.29 is 4.42 Å². The van der Waals surface area contributed by atoms with Crippen molar-refractivity contribution in [1.82, 2.24) is 4.98 Å². The molecule has 62 valence electrons. The number of hydrogen-bond acceptors (Lipinski definition) is 2. The van der Waals surface area contributed by atoms with Gasteiger partial charge < -0.3 is 4.42 Å². The maximum atomic E-state index is 5.42. The van der Waals surface area contributed by atoms with E-state index in [0.29, 0.717) is 5.89 Å². The van der Waals surface area contributed by atoms with Crippen LogP contribution >= 0.6 is 15.9 Å². The third-order valence-electron chi connectivity index (χ3n) is 1.75. The molecular weight excluding hydrogens is 218 g/mol. The Hall–Kier alpha value is -0.830. The first-order valence-corrected chi connectivity index (χ1v) is 4.49. The molecule has 0 unspecified atom stereocenters. The number of halogens is 1. The van der Waals surface area contributed by atoms with Crippen molar-refractivity contribution in [1.29, 1.82) is 0 Å². The highest BCUT2D eigenvalue weighted by atomic mass is 79.9. The molecule has 0 aliphatic carbocycles. The first-order valence-electron chi connectivity index (χ1n) is 3.70. The fraction of sp³-hybridized carbons (Fsp3) is 0.222. The van der Waals surface area contributed by atoms with Crippen LogP contribution in [-0.4, -0.2) is 4.98 Å². The van der Waals surface area contributed by atoms with Gasteiger partial charge >= 0.3 is 0 Å². The molecule has 1 aromatic carbocycles. The Morgan fingerprint density at radius 2 is 2.08 bits per heavy atom. The molecular formula is C9H8BrNO. The van der Waals surface area contributed by atoms with E-state index in [1.807, 2.05) is 26.0 Å². The zero-order chi connectivity index (χ0) is 8.72. The molecule has 2 nitrogen and oxygen atoms in total. The Bertz CT molecular complexity index is 433. The molecule has 0 amide bonds. The van der Waals surface area contributed by atoms with Crippen LogP contribution < -0.4 is 0 Å². The number of benzene rings is 1. The topological polar surface area (TPSA) is 26.0 Å². The minimum atomic E-state index is 0.714. The van der Waals surface area contributed by atoms with E-state index in [1.54, 1.807) is 0 Å². The highest BCUT2D eigenvalue weighted by molar-refractivity contribution is 9.10. The minimum absolute atomic E-state index is 0.714. The third-order valence-corrected chi connectivity index (χ3v) is 2.21. The van der Waals surface area contributed by atoms with E-state index in [2.05, 4.69) is 20.9 Å². The van der Waals surface area contributed by atoms with Crippen LogP contribution in [0.2, 0.25) is 0 Å². The number of fused-ring (bicyclic) bond motifs is 1. The fourth-order valence-electron chi connectivity index (χ4n) is 1.27. The second kappa shape index (κ2) is 2.59. The minimum Gasteiger partial charge on any atom is -0.441 e. The number of nitrogens with zero attached hydrogens (tertiary/aromatic N) is 1. The second-order valence-corrected chi connectivity index (χ2v) is 3.72. The van der Waals surface area contributed by atoms with E-state index in [0.717, 1.165) is 21.1 Å². The van der Waals surface area contributed by atoms with Crippen molar-refractivity contribution in [2.24, 2.45) is 0 Å². The van der Waals surface area contributed by atoms with Gasteiger partial charge in [0.15, 0.2) is 11.5 Å². The van der Waals surface area contributed by atoms with Gasteiger partial charge in [-0.2, -0.15) is 0 Å². The Morgan fingerprint density at radius 1 is 1.33 bits per heavy atom. The van der Waals surface area contributed by atoms with E-state index in [9.17, 15) is 0 Å². The van der Waals surface area contributed by atoms with E-state index in [4.69, 9.17) is 4.42 Å². The van der Waals surface area contributed by atoms with E-state index in [1.165, 1.54) is 0 Å². The van der Waals surface area contributed by atoms with Gasteiger partial charge in [0, 0.05) is 11.4 Å². The molecule has 0 saturated carbocycles. The van der Waals surface area contributed by atoms with Gasteiger partial charge in [-0.05, 0) is 24.6 Å². The van der Waals surface area contributed by atoms with Crippen molar-refractivity contribution in [2.75, 3.05) is 0 Å². The number of rotatable bonds is 0. The molecule has 2 aromatic rings. The summed E-state index contributed by atoms with van der Waals surface area (Å²) in [5.74, 6) is 0.714. The first kappa shape index (κ1) is 7.80.